The Morgan fingerprint density at radius 2 is 1.93 bits per heavy atom. The second kappa shape index (κ2) is 7.97. The lowest BCUT2D eigenvalue weighted by Crippen LogP contribution is -2.03. The molecule has 0 aliphatic rings. The van der Waals surface area contributed by atoms with Gasteiger partial charge in [-0.2, -0.15) is 10.1 Å². The van der Waals surface area contributed by atoms with Crippen LogP contribution in [-0.2, 0) is 12.3 Å². The number of hydrogen-bond acceptors (Lipinski definition) is 9. The Kier molecular flexibility index (Phi) is 5.26. The second-order valence-electron chi connectivity index (χ2n) is 5.62. The molecular formula is C17H16N6O2S2. The standard InChI is InChI=1S/C17H16N6O2S2/c1-11-7-8-18-23(11)9-14-20-21-17(24-14)27-10-15-19-16(22-25-15)12-3-5-13(26-2)6-4-12/h3-8H,9-10H2,1-2H3. The van der Waals surface area contributed by atoms with Crippen LogP contribution in [-0.4, -0.2) is 36.4 Å². The summed E-state index contributed by atoms with van der Waals surface area (Å²) in [5.41, 5.74) is 1.95. The van der Waals surface area contributed by atoms with Crippen LogP contribution in [0.2, 0.25) is 0 Å². The summed E-state index contributed by atoms with van der Waals surface area (Å²) in [5, 5.41) is 16.8. The normalized spacial score (nSPS) is 11.2. The minimum atomic E-state index is 0.448. The Labute approximate surface area is 163 Å². The first kappa shape index (κ1) is 17.8. The molecule has 27 heavy (non-hydrogen) atoms. The number of aryl methyl sites for hydroxylation is 1. The number of nitrogens with zero attached hydrogens (tertiary/aromatic N) is 6. The molecule has 1 aromatic carbocycles. The third-order valence-corrected chi connectivity index (χ3v) is 5.34. The van der Waals surface area contributed by atoms with Crippen molar-refractivity contribution < 1.29 is 8.94 Å². The van der Waals surface area contributed by atoms with Crippen molar-refractivity contribution in [3.8, 4) is 11.4 Å². The minimum absolute atomic E-state index is 0.448. The number of rotatable bonds is 7. The van der Waals surface area contributed by atoms with Crippen LogP contribution < -0.4 is 0 Å². The highest BCUT2D eigenvalue weighted by atomic mass is 32.2. The van der Waals surface area contributed by atoms with Gasteiger partial charge in [0.15, 0.2) is 0 Å². The maximum Gasteiger partial charge on any atom is 0.277 e. The van der Waals surface area contributed by atoms with Crippen LogP contribution in [0.1, 0.15) is 17.5 Å². The van der Waals surface area contributed by atoms with Crippen LogP contribution >= 0.6 is 23.5 Å². The van der Waals surface area contributed by atoms with E-state index in [9.17, 15) is 0 Å². The molecule has 0 unspecified atom stereocenters. The van der Waals surface area contributed by atoms with Gasteiger partial charge in [-0.1, -0.05) is 16.9 Å². The summed E-state index contributed by atoms with van der Waals surface area (Å²) in [4.78, 5) is 5.61. The number of hydrogen-bond donors (Lipinski definition) is 0. The van der Waals surface area contributed by atoms with Crippen LogP contribution in [0.15, 0.2) is 55.6 Å². The zero-order valence-electron chi connectivity index (χ0n) is 14.7. The van der Waals surface area contributed by atoms with Crippen LogP contribution in [0, 0.1) is 6.92 Å². The van der Waals surface area contributed by atoms with Gasteiger partial charge in [0.2, 0.25) is 17.6 Å². The number of benzene rings is 1. The van der Waals surface area contributed by atoms with Crippen LogP contribution in [0.25, 0.3) is 11.4 Å². The first-order valence-electron chi connectivity index (χ1n) is 8.12. The monoisotopic (exact) mass is 400 g/mol. The second-order valence-corrected chi connectivity index (χ2v) is 7.43. The van der Waals surface area contributed by atoms with Crippen molar-refractivity contribution in [2.75, 3.05) is 6.26 Å². The Hall–Kier alpha value is -2.59. The van der Waals surface area contributed by atoms with E-state index in [1.165, 1.54) is 16.7 Å². The van der Waals surface area contributed by atoms with Crippen LogP contribution in [0.4, 0.5) is 0 Å². The maximum atomic E-state index is 5.64. The lowest BCUT2D eigenvalue weighted by Gasteiger charge is -1.98. The van der Waals surface area contributed by atoms with Gasteiger partial charge in [-0.25, -0.2) is 0 Å². The minimum Gasteiger partial charge on any atom is -0.414 e. The SMILES string of the molecule is CSc1ccc(-c2noc(CSc3nnc(Cn4nccc4C)o3)n2)cc1. The van der Waals surface area contributed by atoms with E-state index in [2.05, 4.69) is 25.4 Å². The van der Waals surface area contributed by atoms with E-state index in [-0.39, 0.29) is 0 Å². The molecule has 0 spiro atoms. The van der Waals surface area contributed by atoms with Gasteiger partial charge >= 0.3 is 0 Å². The van der Waals surface area contributed by atoms with E-state index in [1.807, 2.05) is 43.5 Å². The van der Waals surface area contributed by atoms with E-state index in [0.717, 1.165) is 11.3 Å². The topological polar surface area (TPSA) is 95.7 Å². The molecule has 0 saturated heterocycles. The quantitative estimate of drug-likeness (QED) is 0.430. The first-order valence-corrected chi connectivity index (χ1v) is 10.3. The molecule has 4 aromatic rings. The average Bonchev–Trinajstić information content (AvgIpc) is 3.43. The Balaban J connectivity index is 1.36. The molecule has 4 rings (SSSR count). The van der Waals surface area contributed by atoms with Gasteiger partial charge in [0, 0.05) is 22.3 Å². The van der Waals surface area contributed by atoms with Crippen molar-refractivity contribution in [1.82, 2.24) is 30.1 Å². The zero-order chi connectivity index (χ0) is 18.6. The van der Waals surface area contributed by atoms with Gasteiger partial charge in [0.05, 0.1) is 5.75 Å². The summed E-state index contributed by atoms with van der Waals surface area (Å²) in [6.45, 7) is 2.42. The Bertz CT molecular complexity index is 1020. The summed E-state index contributed by atoms with van der Waals surface area (Å²) >= 11 is 3.05. The summed E-state index contributed by atoms with van der Waals surface area (Å²) < 4.78 is 12.8. The number of thioether (sulfide) groups is 2. The number of aromatic nitrogens is 6. The summed E-state index contributed by atoms with van der Waals surface area (Å²) in [7, 11) is 0. The van der Waals surface area contributed by atoms with E-state index < -0.39 is 0 Å². The van der Waals surface area contributed by atoms with Gasteiger partial charge in [0.25, 0.3) is 5.22 Å². The van der Waals surface area contributed by atoms with Crippen LogP contribution in [0.5, 0.6) is 0 Å². The lowest BCUT2D eigenvalue weighted by atomic mass is 10.2. The molecule has 8 nitrogen and oxygen atoms in total. The molecule has 0 aliphatic heterocycles. The van der Waals surface area contributed by atoms with Gasteiger partial charge < -0.3 is 8.94 Å². The highest BCUT2D eigenvalue weighted by Crippen LogP contribution is 2.24. The van der Waals surface area contributed by atoms with Crippen molar-refractivity contribution in [3.05, 3.63) is 54.0 Å². The van der Waals surface area contributed by atoms with Gasteiger partial charge in [-0.05, 0) is 43.5 Å². The molecular weight excluding hydrogens is 384 g/mol. The average molecular weight is 400 g/mol. The largest absolute Gasteiger partial charge is 0.414 e. The molecule has 138 valence electrons. The predicted octanol–water partition coefficient (Wildman–Crippen LogP) is 3.69. The third-order valence-electron chi connectivity index (χ3n) is 3.80. The molecule has 3 heterocycles. The van der Waals surface area contributed by atoms with E-state index >= 15 is 0 Å². The van der Waals surface area contributed by atoms with E-state index in [0.29, 0.717) is 35.1 Å². The fourth-order valence-electron chi connectivity index (χ4n) is 2.35. The molecule has 0 aliphatic carbocycles. The van der Waals surface area contributed by atoms with Gasteiger partial charge in [-0.15, -0.1) is 22.0 Å². The molecule has 10 heteroatoms. The molecule has 0 N–H and O–H groups in total. The highest BCUT2D eigenvalue weighted by molar-refractivity contribution is 7.98. The highest BCUT2D eigenvalue weighted by Gasteiger charge is 2.13. The maximum absolute atomic E-state index is 5.64. The predicted molar refractivity (Wildman–Crippen MR) is 101 cm³/mol. The summed E-state index contributed by atoms with van der Waals surface area (Å²) in [5.74, 6) is 2.04. The lowest BCUT2D eigenvalue weighted by molar-refractivity contribution is 0.386. The van der Waals surface area contributed by atoms with Crippen molar-refractivity contribution in [3.63, 3.8) is 0 Å². The summed E-state index contributed by atoms with van der Waals surface area (Å²) in [6.07, 6.45) is 3.78. The van der Waals surface area contributed by atoms with Crippen LogP contribution in [0.3, 0.4) is 0 Å². The van der Waals surface area contributed by atoms with Gasteiger partial charge in [-0.3, -0.25) is 4.68 Å². The van der Waals surface area contributed by atoms with Crippen molar-refractivity contribution in [2.45, 2.75) is 29.3 Å². The molecule has 0 fully saturated rings. The molecule has 0 atom stereocenters. The fourth-order valence-corrected chi connectivity index (χ4v) is 3.37. The molecule has 0 bridgehead atoms. The Morgan fingerprint density at radius 3 is 2.67 bits per heavy atom. The smallest absolute Gasteiger partial charge is 0.277 e. The first-order chi connectivity index (χ1) is 13.2. The van der Waals surface area contributed by atoms with Crippen molar-refractivity contribution in [2.24, 2.45) is 0 Å². The zero-order valence-corrected chi connectivity index (χ0v) is 16.3. The van der Waals surface area contributed by atoms with Crippen molar-refractivity contribution >= 4 is 23.5 Å². The molecule has 3 aromatic heterocycles. The Morgan fingerprint density at radius 1 is 1.07 bits per heavy atom. The molecule has 0 saturated carbocycles. The molecule has 0 radical (unpaired) electrons. The molecule has 0 amide bonds. The fraction of sp³-hybridized carbons (Fsp3) is 0.235. The van der Waals surface area contributed by atoms with E-state index in [1.54, 1.807) is 22.6 Å². The van der Waals surface area contributed by atoms with E-state index in [4.69, 9.17) is 8.94 Å². The third kappa shape index (κ3) is 4.22. The van der Waals surface area contributed by atoms with Crippen molar-refractivity contribution in [1.29, 1.82) is 0 Å². The van der Waals surface area contributed by atoms with Gasteiger partial charge in [0.1, 0.15) is 6.54 Å². The summed E-state index contributed by atoms with van der Waals surface area (Å²) in [6, 6.07) is 9.95.